The predicted molar refractivity (Wildman–Crippen MR) is 101 cm³/mol. The summed E-state index contributed by atoms with van der Waals surface area (Å²) in [5.74, 6) is 0.117. The van der Waals surface area contributed by atoms with Gasteiger partial charge in [-0.1, -0.05) is 12.1 Å². The van der Waals surface area contributed by atoms with Gasteiger partial charge in [0, 0.05) is 29.0 Å². The smallest absolute Gasteiger partial charge is 0.289 e. The van der Waals surface area contributed by atoms with Crippen molar-refractivity contribution < 1.29 is 14.1 Å². The average Bonchev–Trinajstić information content (AvgIpc) is 3.25. The molecule has 0 fully saturated rings. The van der Waals surface area contributed by atoms with Gasteiger partial charge in [-0.05, 0) is 39.0 Å². The van der Waals surface area contributed by atoms with E-state index in [1.807, 2.05) is 6.07 Å². The molecular formula is C20H16N4O4. The summed E-state index contributed by atoms with van der Waals surface area (Å²) in [7, 11) is 0. The van der Waals surface area contributed by atoms with Crippen LogP contribution in [0.5, 0.6) is 0 Å². The number of benzene rings is 1. The van der Waals surface area contributed by atoms with Crippen molar-refractivity contribution in [1.82, 2.24) is 9.78 Å². The first-order chi connectivity index (χ1) is 13.3. The molecule has 0 amide bonds. The maximum Gasteiger partial charge on any atom is 0.289 e. The van der Waals surface area contributed by atoms with Gasteiger partial charge in [0.05, 0.1) is 10.6 Å². The van der Waals surface area contributed by atoms with E-state index in [0.29, 0.717) is 28.3 Å². The lowest BCUT2D eigenvalue weighted by Gasteiger charge is -2.01. The lowest BCUT2D eigenvalue weighted by Crippen LogP contribution is -2.15. The minimum Gasteiger partial charge on any atom is -0.457 e. The third kappa shape index (κ3) is 3.59. The number of carbonyl (C=O) groups is 1. The fourth-order valence-corrected chi connectivity index (χ4v) is 2.78. The fraction of sp³-hybridized carbons (Fsp3) is 0.150. The third-order valence-corrected chi connectivity index (χ3v) is 4.16. The molecule has 140 valence electrons. The maximum absolute atomic E-state index is 12.5. The molecular weight excluding hydrogens is 360 g/mol. The van der Waals surface area contributed by atoms with Crippen molar-refractivity contribution in [2.24, 2.45) is 0 Å². The molecule has 3 rings (SSSR count). The molecule has 8 nitrogen and oxygen atoms in total. The zero-order chi connectivity index (χ0) is 20.4. The van der Waals surface area contributed by atoms with Crippen LogP contribution in [0, 0.1) is 42.2 Å². The normalized spacial score (nSPS) is 11.3. The Hall–Kier alpha value is -3.99. The summed E-state index contributed by atoms with van der Waals surface area (Å²) in [4.78, 5) is 23.2. The van der Waals surface area contributed by atoms with Crippen LogP contribution in [-0.2, 0) is 0 Å². The van der Waals surface area contributed by atoms with E-state index >= 15 is 0 Å². The number of nitro benzene ring substituents is 1. The third-order valence-electron chi connectivity index (χ3n) is 4.16. The van der Waals surface area contributed by atoms with E-state index in [1.54, 1.807) is 51.1 Å². The van der Waals surface area contributed by atoms with Crippen molar-refractivity contribution in [2.75, 3.05) is 0 Å². The van der Waals surface area contributed by atoms with Crippen molar-refractivity contribution in [3.63, 3.8) is 0 Å². The van der Waals surface area contributed by atoms with Crippen molar-refractivity contribution in [1.29, 1.82) is 5.26 Å². The molecule has 2 aromatic heterocycles. The van der Waals surface area contributed by atoms with Crippen LogP contribution in [0.15, 0.2) is 46.4 Å². The van der Waals surface area contributed by atoms with Gasteiger partial charge >= 0.3 is 0 Å². The number of rotatable bonds is 4. The lowest BCUT2D eigenvalue weighted by atomic mass is 10.1. The molecule has 0 unspecified atom stereocenters. The van der Waals surface area contributed by atoms with Crippen LogP contribution in [-0.4, -0.2) is 20.6 Å². The summed E-state index contributed by atoms with van der Waals surface area (Å²) >= 11 is 0. The second-order valence-corrected chi connectivity index (χ2v) is 6.27. The van der Waals surface area contributed by atoms with Crippen LogP contribution >= 0.6 is 0 Å². The fourth-order valence-electron chi connectivity index (χ4n) is 2.78. The number of aromatic nitrogens is 2. The molecule has 0 aliphatic heterocycles. The number of carbonyl (C=O) groups excluding carboxylic acids is 1. The van der Waals surface area contributed by atoms with Crippen LogP contribution in [0.3, 0.4) is 0 Å². The molecule has 1 aromatic carbocycles. The second kappa shape index (κ2) is 7.32. The zero-order valence-corrected chi connectivity index (χ0v) is 15.5. The minimum atomic E-state index is -0.558. The van der Waals surface area contributed by atoms with Crippen LogP contribution in [0.25, 0.3) is 17.4 Å². The Morgan fingerprint density at radius 3 is 2.61 bits per heavy atom. The topological polar surface area (TPSA) is 115 Å². The van der Waals surface area contributed by atoms with Gasteiger partial charge in [-0.25, -0.2) is 4.68 Å². The van der Waals surface area contributed by atoms with E-state index in [0.717, 1.165) is 4.68 Å². The Balaban J connectivity index is 1.94. The number of nitrogens with zero attached hydrogens (tertiary/aromatic N) is 4. The van der Waals surface area contributed by atoms with Crippen LogP contribution in [0.2, 0.25) is 0 Å². The first-order valence-corrected chi connectivity index (χ1v) is 8.35. The molecule has 0 bridgehead atoms. The van der Waals surface area contributed by atoms with Crippen molar-refractivity contribution in [2.45, 2.75) is 20.8 Å². The number of furan rings is 1. The van der Waals surface area contributed by atoms with Gasteiger partial charge < -0.3 is 4.42 Å². The number of aryl methyl sites for hydroxylation is 3. The van der Waals surface area contributed by atoms with E-state index in [-0.39, 0.29) is 17.0 Å². The summed E-state index contributed by atoms with van der Waals surface area (Å²) in [5, 5.41) is 24.6. The van der Waals surface area contributed by atoms with E-state index in [4.69, 9.17) is 4.42 Å². The standard InChI is InChI=1S/C20H16N4O4/c1-12-4-5-15(10-18(12)24(26)27)19-7-6-17(28-19)9-16(11-21)20(25)23-14(3)8-13(2)22-23/h4-10H,1-3H3/b16-9+. The van der Waals surface area contributed by atoms with Crippen LogP contribution < -0.4 is 0 Å². The van der Waals surface area contributed by atoms with Crippen molar-refractivity contribution in [3.8, 4) is 17.4 Å². The Bertz CT molecular complexity index is 1160. The average molecular weight is 376 g/mol. The molecule has 28 heavy (non-hydrogen) atoms. The lowest BCUT2D eigenvalue weighted by molar-refractivity contribution is -0.385. The quantitative estimate of drug-likeness (QED) is 0.291. The zero-order valence-electron chi connectivity index (χ0n) is 15.5. The highest BCUT2D eigenvalue weighted by Gasteiger charge is 2.17. The van der Waals surface area contributed by atoms with Gasteiger partial charge in [0.25, 0.3) is 11.6 Å². The molecule has 0 aliphatic carbocycles. The molecule has 0 radical (unpaired) electrons. The molecule has 0 saturated carbocycles. The number of nitriles is 1. The van der Waals surface area contributed by atoms with Crippen molar-refractivity contribution in [3.05, 3.63) is 74.8 Å². The number of allylic oxidation sites excluding steroid dienone is 1. The SMILES string of the molecule is Cc1cc(C)n(C(=O)/C(C#N)=C/c2ccc(-c3ccc(C)c([N+](=O)[O-])c3)o2)n1. The molecule has 0 aliphatic rings. The minimum absolute atomic E-state index is 0.0107. The van der Waals surface area contributed by atoms with Gasteiger partial charge in [0.1, 0.15) is 23.2 Å². The molecule has 8 heteroatoms. The highest BCUT2D eigenvalue weighted by molar-refractivity contribution is 6.02. The molecule has 3 aromatic rings. The predicted octanol–water partition coefficient (Wildman–Crippen LogP) is 4.22. The van der Waals surface area contributed by atoms with E-state index in [1.165, 1.54) is 12.1 Å². The monoisotopic (exact) mass is 376 g/mol. The number of hydrogen-bond acceptors (Lipinski definition) is 6. The Morgan fingerprint density at radius 2 is 2.00 bits per heavy atom. The van der Waals surface area contributed by atoms with Gasteiger partial charge in [0.15, 0.2) is 0 Å². The first kappa shape index (κ1) is 18.8. The van der Waals surface area contributed by atoms with E-state index < -0.39 is 10.8 Å². The van der Waals surface area contributed by atoms with Gasteiger partial charge in [-0.15, -0.1) is 0 Å². The summed E-state index contributed by atoms with van der Waals surface area (Å²) < 4.78 is 6.83. The van der Waals surface area contributed by atoms with Gasteiger partial charge in [0.2, 0.25) is 0 Å². The second-order valence-electron chi connectivity index (χ2n) is 6.27. The van der Waals surface area contributed by atoms with Gasteiger partial charge in [-0.3, -0.25) is 14.9 Å². The number of hydrogen-bond donors (Lipinski definition) is 0. The van der Waals surface area contributed by atoms with E-state index in [2.05, 4.69) is 5.10 Å². The Labute approximate surface area is 160 Å². The summed E-state index contributed by atoms with van der Waals surface area (Å²) in [6, 6.07) is 11.6. The maximum atomic E-state index is 12.5. The highest BCUT2D eigenvalue weighted by Crippen LogP contribution is 2.28. The largest absolute Gasteiger partial charge is 0.457 e. The summed E-state index contributed by atoms with van der Waals surface area (Å²) in [6.07, 6.45) is 1.32. The van der Waals surface area contributed by atoms with E-state index in [9.17, 15) is 20.2 Å². The van der Waals surface area contributed by atoms with Gasteiger partial charge in [-0.2, -0.15) is 10.4 Å². The Morgan fingerprint density at radius 1 is 1.25 bits per heavy atom. The summed E-state index contributed by atoms with van der Waals surface area (Å²) in [6.45, 7) is 5.14. The summed E-state index contributed by atoms with van der Waals surface area (Å²) in [5.41, 5.74) is 2.22. The highest BCUT2D eigenvalue weighted by atomic mass is 16.6. The van der Waals surface area contributed by atoms with Crippen LogP contribution in [0.4, 0.5) is 5.69 Å². The number of nitro groups is 1. The molecule has 2 heterocycles. The molecule has 0 spiro atoms. The Kier molecular flexibility index (Phi) is 4.92. The molecule has 0 saturated heterocycles. The van der Waals surface area contributed by atoms with Crippen LogP contribution in [0.1, 0.15) is 27.5 Å². The van der Waals surface area contributed by atoms with Crippen molar-refractivity contribution >= 4 is 17.7 Å². The molecule has 0 N–H and O–H groups in total. The first-order valence-electron chi connectivity index (χ1n) is 8.35. The molecule has 0 atom stereocenters.